The van der Waals surface area contributed by atoms with Gasteiger partial charge in [-0.3, -0.25) is 4.79 Å². The lowest BCUT2D eigenvalue weighted by molar-refractivity contribution is 0.0957. The predicted octanol–water partition coefficient (Wildman–Crippen LogP) is 5.27. The summed E-state index contributed by atoms with van der Waals surface area (Å²) in [5.41, 5.74) is 0.438. The monoisotopic (exact) mass is 270 g/mol. The summed E-state index contributed by atoms with van der Waals surface area (Å²) in [7, 11) is 0. The van der Waals surface area contributed by atoms with Gasteiger partial charge < -0.3 is 0 Å². The molecule has 1 aromatic rings. The van der Waals surface area contributed by atoms with Gasteiger partial charge >= 0.3 is 0 Å². The fourth-order valence-corrected chi connectivity index (χ4v) is 2.30. The van der Waals surface area contributed by atoms with Gasteiger partial charge in [-0.05, 0) is 24.1 Å². The Labute approximate surface area is 113 Å². The second-order valence-electron chi connectivity index (χ2n) is 4.67. The zero-order valence-corrected chi connectivity index (χ0v) is 11.8. The van der Waals surface area contributed by atoms with E-state index in [1.54, 1.807) is 0 Å². The molecule has 1 atom stereocenters. The Hall–Kier alpha value is -0.890. The first kappa shape index (κ1) is 15.2. The van der Waals surface area contributed by atoms with Crippen molar-refractivity contribution >= 4 is 17.4 Å². The van der Waals surface area contributed by atoms with E-state index in [0.717, 1.165) is 25.7 Å². The second-order valence-corrected chi connectivity index (χ2v) is 5.08. The number of benzene rings is 1. The normalized spacial score (nSPS) is 12.4. The lowest BCUT2D eigenvalue weighted by Crippen LogP contribution is -2.09. The molecular weight excluding hydrogens is 251 g/mol. The highest BCUT2D eigenvalue weighted by molar-refractivity contribution is 6.33. The van der Waals surface area contributed by atoms with Gasteiger partial charge in [-0.25, -0.2) is 4.39 Å². The zero-order chi connectivity index (χ0) is 13.5. The number of halogens is 2. The SMILES string of the molecule is CCCCC(CC)CC(=O)c1ccc(F)cc1Cl. The van der Waals surface area contributed by atoms with Crippen molar-refractivity contribution in [2.75, 3.05) is 0 Å². The van der Waals surface area contributed by atoms with Crippen LogP contribution in [0.25, 0.3) is 0 Å². The van der Waals surface area contributed by atoms with Crippen LogP contribution in [0, 0.1) is 11.7 Å². The molecule has 0 aliphatic rings. The van der Waals surface area contributed by atoms with Crippen molar-refractivity contribution in [3.8, 4) is 0 Å². The summed E-state index contributed by atoms with van der Waals surface area (Å²) in [6.07, 6.45) is 4.84. The van der Waals surface area contributed by atoms with Crippen molar-refractivity contribution in [2.45, 2.75) is 46.0 Å². The van der Waals surface area contributed by atoms with E-state index in [2.05, 4.69) is 13.8 Å². The summed E-state index contributed by atoms with van der Waals surface area (Å²) >= 11 is 5.89. The molecule has 0 aliphatic heterocycles. The Kier molecular flexibility index (Phi) is 6.34. The first-order valence-electron chi connectivity index (χ1n) is 6.56. The number of carbonyl (C=O) groups is 1. The fraction of sp³-hybridized carbons (Fsp3) is 0.533. The van der Waals surface area contributed by atoms with Crippen LogP contribution in [0.3, 0.4) is 0 Å². The van der Waals surface area contributed by atoms with E-state index >= 15 is 0 Å². The lowest BCUT2D eigenvalue weighted by Gasteiger charge is -2.13. The standard InChI is InChI=1S/C15H20ClFO/c1-3-5-6-11(4-2)9-15(18)13-8-7-12(17)10-14(13)16/h7-8,10-11H,3-6,9H2,1-2H3. The van der Waals surface area contributed by atoms with Crippen LogP contribution >= 0.6 is 11.6 Å². The summed E-state index contributed by atoms with van der Waals surface area (Å²) < 4.78 is 12.9. The molecule has 100 valence electrons. The van der Waals surface area contributed by atoms with E-state index in [4.69, 9.17) is 11.6 Å². The van der Waals surface area contributed by atoms with E-state index in [9.17, 15) is 9.18 Å². The maximum absolute atomic E-state index is 12.9. The summed E-state index contributed by atoms with van der Waals surface area (Å²) in [6.45, 7) is 4.24. The summed E-state index contributed by atoms with van der Waals surface area (Å²) in [5, 5.41) is 0.213. The Morgan fingerprint density at radius 2 is 2.11 bits per heavy atom. The van der Waals surface area contributed by atoms with Crippen LogP contribution in [0.5, 0.6) is 0 Å². The van der Waals surface area contributed by atoms with E-state index in [1.807, 2.05) is 0 Å². The third-order valence-corrected chi connectivity index (χ3v) is 3.56. The number of hydrogen-bond donors (Lipinski definition) is 0. The molecule has 0 bridgehead atoms. The highest BCUT2D eigenvalue weighted by atomic mass is 35.5. The molecule has 1 nitrogen and oxygen atoms in total. The molecule has 1 rings (SSSR count). The second kappa shape index (κ2) is 7.52. The molecule has 3 heteroatoms. The van der Waals surface area contributed by atoms with E-state index < -0.39 is 5.82 Å². The smallest absolute Gasteiger partial charge is 0.164 e. The van der Waals surface area contributed by atoms with Crippen LogP contribution in [0.2, 0.25) is 5.02 Å². The molecule has 0 aliphatic carbocycles. The van der Waals surface area contributed by atoms with Gasteiger partial charge in [0, 0.05) is 12.0 Å². The van der Waals surface area contributed by atoms with Crippen molar-refractivity contribution in [2.24, 2.45) is 5.92 Å². The van der Waals surface area contributed by atoms with Gasteiger partial charge in [-0.15, -0.1) is 0 Å². The molecule has 0 radical (unpaired) electrons. The highest BCUT2D eigenvalue weighted by Crippen LogP contribution is 2.23. The van der Waals surface area contributed by atoms with Crippen LogP contribution in [0.15, 0.2) is 18.2 Å². The first-order valence-corrected chi connectivity index (χ1v) is 6.94. The molecular formula is C15H20ClFO. The van der Waals surface area contributed by atoms with Crippen molar-refractivity contribution in [1.29, 1.82) is 0 Å². The van der Waals surface area contributed by atoms with Gasteiger partial charge in [-0.2, -0.15) is 0 Å². The van der Waals surface area contributed by atoms with E-state index in [1.165, 1.54) is 18.2 Å². The maximum Gasteiger partial charge on any atom is 0.164 e. The van der Waals surface area contributed by atoms with E-state index in [0.29, 0.717) is 17.9 Å². The summed E-state index contributed by atoms with van der Waals surface area (Å²) in [5.74, 6) is 0.0103. The number of unbranched alkanes of at least 4 members (excludes halogenated alkanes) is 1. The third-order valence-electron chi connectivity index (χ3n) is 3.25. The Morgan fingerprint density at radius 3 is 2.67 bits per heavy atom. The average Bonchev–Trinajstić information content (AvgIpc) is 2.34. The molecule has 18 heavy (non-hydrogen) atoms. The molecule has 0 fully saturated rings. The minimum Gasteiger partial charge on any atom is -0.294 e. The average molecular weight is 271 g/mol. The minimum atomic E-state index is -0.408. The topological polar surface area (TPSA) is 17.1 Å². The van der Waals surface area contributed by atoms with Crippen LogP contribution in [0.4, 0.5) is 4.39 Å². The zero-order valence-electron chi connectivity index (χ0n) is 11.0. The van der Waals surface area contributed by atoms with Crippen LogP contribution in [-0.4, -0.2) is 5.78 Å². The van der Waals surface area contributed by atoms with Crippen LogP contribution in [0.1, 0.15) is 56.3 Å². The van der Waals surface area contributed by atoms with Gasteiger partial charge in [0.05, 0.1) is 5.02 Å². The van der Waals surface area contributed by atoms with Crippen molar-refractivity contribution in [3.63, 3.8) is 0 Å². The highest BCUT2D eigenvalue weighted by Gasteiger charge is 2.16. The van der Waals surface area contributed by atoms with Crippen molar-refractivity contribution in [3.05, 3.63) is 34.6 Å². The molecule has 1 unspecified atom stereocenters. The summed E-state index contributed by atoms with van der Waals surface area (Å²) in [6, 6.07) is 3.96. The molecule has 0 saturated carbocycles. The largest absolute Gasteiger partial charge is 0.294 e. The van der Waals surface area contributed by atoms with Crippen molar-refractivity contribution < 1.29 is 9.18 Å². The molecule has 0 amide bonds. The summed E-state index contributed by atoms with van der Waals surface area (Å²) in [4.78, 5) is 12.1. The number of hydrogen-bond acceptors (Lipinski definition) is 1. The molecule has 0 saturated heterocycles. The Bertz CT molecular complexity index is 403. The van der Waals surface area contributed by atoms with Crippen LogP contribution < -0.4 is 0 Å². The van der Waals surface area contributed by atoms with Gasteiger partial charge in [0.1, 0.15) is 5.82 Å². The lowest BCUT2D eigenvalue weighted by atomic mass is 9.91. The van der Waals surface area contributed by atoms with Gasteiger partial charge in [-0.1, -0.05) is 51.1 Å². The number of ketones is 1. The number of Topliss-reactive ketones (excluding diaryl/α,β-unsaturated/α-hetero) is 1. The molecule has 1 aromatic carbocycles. The quantitative estimate of drug-likeness (QED) is 0.617. The van der Waals surface area contributed by atoms with Gasteiger partial charge in [0.2, 0.25) is 0 Å². The number of rotatable bonds is 7. The maximum atomic E-state index is 12.9. The van der Waals surface area contributed by atoms with Gasteiger partial charge in [0.25, 0.3) is 0 Å². The Balaban J connectivity index is 2.68. The first-order chi connectivity index (χ1) is 8.58. The Morgan fingerprint density at radius 1 is 1.39 bits per heavy atom. The molecule has 0 heterocycles. The number of carbonyl (C=O) groups excluding carboxylic acids is 1. The fourth-order valence-electron chi connectivity index (χ4n) is 2.03. The minimum absolute atomic E-state index is 0.0166. The van der Waals surface area contributed by atoms with Crippen molar-refractivity contribution in [1.82, 2.24) is 0 Å². The predicted molar refractivity (Wildman–Crippen MR) is 73.7 cm³/mol. The molecule has 0 N–H and O–H groups in total. The molecule has 0 aromatic heterocycles. The molecule has 0 spiro atoms. The van der Waals surface area contributed by atoms with Crippen LogP contribution in [-0.2, 0) is 0 Å². The van der Waals surface area contributed by atoms with E-state index in [-0.39, 0.29) is 10.8 Å². The van der Waals surface area contributed by atoms with Gasteiger partial charge in [0.15, 0.2) is 5.78 Å². The third kappa shape index (κ3) is 4.41.